The van der Waals surface area contributed by atoms with Crippen LogP contribution in [0.2, 0.25) is 0 Å². The van der Waals surface area contributed by atoms with Gasteiger partial charge in [-0.05, 0) is 67.5 Å². The molecule has 1 atom stereocenters. The maximum Gasteiger partial charge on any atom is 0.229 e. The molecule has 0 saturated carbocycles. The largest absolute Gasteiger partial charge is 0.386 e. The molecule has 0 unspecified atom stereocenters. The maximum absolute atomic E-state index is 13.6. The monoisotopic (exact) mass is 404 g/mol. The number of halogens is 1. The first kappa shape index (κ1) is 19.4. The van der Waals surface area contributed by atoms with Gasteiger partial charge in [-0.2, -0.15) is 0 Å². The Labute approximate surface area is 165 Å². The third-order valence-corrected chi connectivity index (χ3v) is 6.71. The zero-order chi connectivity index (χ0) is 20.0. The van der Waals surface area contributed by atoms with E-state index in [0.717, 1.165) is 43.9 Å². The van der Waals surface area contributed by atoms with Crippen molar-refractivity contribution in [3.63, 3.8) is 0 Å². The molecule has 28 heavy (non-hydrogen) atoms. The number of aliphatic hydroxyl groups excluding tert-OH is 1. The first-order chi connectivity index (χ1) is 13.2. The van der Waals surface area contributed by atoms with E-state index in [9.17, 15) is 17.9 Å². The number of sulfonamides is 1. The third-order valence-electron chi connectivity index (χ3n) is 6.10. The third kappa shape index (κ3) is 3.79. The Balaban J connectivity index is 1.48. The second-order valence-electron chi connectivity index (χ2n) is 8.27. The molecule has 2 aliphatic rings. The lowest BCUT2D eigenvalue weighted by Crippen LogP contribution is -2.47. The summed E-state index contributed by atoms with van der Waals surface area (Å²) < 4.78 is 38.7. The highest BCUT2D eigenvalue weighted by atomic mass is 32.2. The molecule has 7 heteroatoms. The van der Waals surface area contributed by atoms with Crippen molar-refractivity contribution in [1.82, 2.24) is 5.32 Å². The van der Waals surface area contributed by atoms with E-state index in [2.05, 4.69) is 10.0 Å². The maximum atomic E-state index is 13.6. The van der Waals surface area contributed by atoms with Crippen LogP contribution in [0.5, 0.6) is 0 Å². The number of nitrogens with one attached hydrogen (secondary N) is 2. The summed E-state index contributed by atoms with van der Waals surface area (Å²) in [7, 11) is -3.29. The molecule has 5 nitrogen and oxygen atoms in total. The molecule has 2 bridgehead atoms. The van der Waals surface area contributed by atoms with Crippen molar-refractivity contribution >= 4 is 15.7 Å². The summed E-state index contributed by atoms with van der Waals surface area (Å²) >= 11 is 0. The second kappa shape index (κ2) is 6.83. The van der Waals surface area contributed by atoms with Crippen molar-refractivity contribution in [2.75, 3.05) is 11.0 Å². The zero-order valence-electron chi connectivity index (χ0n) is 15.8. The average Bonchev–Trinajstić information content (AvgIpc) is 3.19. The van der Waals surface area contributed by atoms with Gasteiger partial charge < -0.3 is 10.4 Å². The van der Waals surface area contributed by atoms with Gasteiger partial charge in [-0.3, -0.25) is 4.72 Å². The molecule has 2 aliphatic heterocycles. The van der Waals surface area contributed by atoms with E-state index in [1.807, 2.05) is 12.1 Å². The fraction of sp³-hybridized carbons (Fsp3) is 0.429. The Kier molecular flexibility index (Phi) is 4.72. The normalized spacial score (nSPS) is 27.7. The summed E-state index contributed by atoms with van der Waals surface area (Å²) in [5.41, 5.74) is 1.78. The van der Waals surface area contributed by atoms with Crippen LogP contribution in [0.1, 0.15) is 42.9 Å². The van der Waals surface area contributed by atoms with E-state index >= 15 is 0 Å². The number of anilines is 1. The molecule has 150 valence electrons. The van der Waals surface area contributed by atoms with Crippen LogP contribution in [0.3, 0.4) is 0 Å². The van der Waals surface area contributed by atoms with Crippen LogP contribution in [0, 0.1) is 5.82 Å². The predicted octanol–water partition coefficient (Wildman–Crippen LogP) is 3.13. The second-order valence-corrected chi connectivity index (χ2v) is 10.0. The van der Waals surface area contributed by atoms with Gasteiger partial charge in [-0.25, -0.2) is 12.8 Å². The minimum Gasteiger partial charge on any atom is -0.386 e. The molecule has 0 radical (unpaired) electrons. The van der Waals surface area contributed by atoms with Crippen molar-refractivity contribution < 1.29 is 17.9 Å². The van der Waals surface area contributed by atoms with Gasteiger partial charge in [-0.15, -0.1) is 0 Å². The van der Waals surface area contributed by atoms with Crippen LogP contribution < -0.4 is 10.0 Å². The van der Waals surface area contributed by atoms with Crippen molar-refractivity contribution in [3.8, 4) is 0 Å². The first-order valence-electron chi connectivity index (χ1n) is 9.48. The van der Waals surface area contributed by atoms with Crippen molar-refractivity contribution in [3.05, 3.63) is 65.5 Å². The SMILES string of the molecule is CS(=O)(=O)Nc1ccc(CC23CCC([C@H](O)c4cccc(F)c4)(CC2)N3)cc1. The van der Waals surface area contributed by atoms with Crippen molar-refractivity contribution in [2.24, 2.45) is 0 Å². The van der Waals surface area contributed by atoms with E-state index in [1.165, 1.54) is 12.1 Å². The molecule has 2 aromatic carbocycles. The zero-order valence-corrected chi connectivity index (χ0v) is 16.6. The van der Waals surface area contributed by atoms with Gasteiger partial charge in [0.15, 0.2) is 0 Å². The van der Waals surface area contributed by atoms with E-state index in [1.54, 1.807) is 24.3 Å². The smallest absolute Gasteiger partial charge is 0.229 e. The van der Waals surface area contributed by atoms with Crippen LogP contribution in [-0.4, -0.2) is 30.9 Å². The Morgan fingerprint density at radius 3 is 2.43 bits per heavy atom. The highest BCUT2D eigenvalue weighted by Gasteiger charge is 2.56. The number of hydrogen-bond acceptors (Lipinski definition) is 4. The van der Waals surface area contributed by atoms with Crippen LogP contribution in [0.4, 0.5) is 10.1 Å². The molecule has 2 aromatic rings. The van der Waals surface area contributed by atoms with Gasteiger partial charge in [0.05, 0.1) is 12.4 Å². The molecule has 4 rings (SSSR count). The molecule has 2 heterocycles. The Bertz CT molecular complexity index is 967. The lowest BCUT2D eigenvalue weighted by atomic mass is 9.76. The summed E-state index contributed by atoms with van der Waals surface area (Å²) in [6.07, 6.45) is 4.78. The minimum atomic E-state index is -3.29. The molecular weight excluding hydrogens is 379 g/mol. The molecule has 2 saturated heterocycles. The van der Waals surface area contributed by atoms with Gasteiger partial charge in [-0.1, -0.05) is 24.3 Å². The average molecular weight is 405 g/mol. The van der Waals surface area contributed by atoms with Gasteiger partial charge in [0.1, 0.15) is 5.82 Å². The van der Waals surface area contributed by atoms with E-state index in [4.69, 9.17) is 0 Å². The standard InChI is InChI=1S/C21H25FN2O3S/c1-28(26,27)23-18-7-5-15(6-8-18)14-20-9-11-21(24-20,12-10-20)19(25)16-3-2-4-17(22)13-16/h2-8,13,19,23-25H,9-12,14H2,1H3/t19-,20?,21?/m1/s1. The van der Waals surface area contributed by atoms with Crippen LogP contribution >= 0.6 is 0 Å². The van der Waals surface area contributed by atoms with Gasteiger partial charge in [0, 0.05) is 16.8 Å². The van der Waals surface area contributed by atoms with E-state index < -0.39 is 21.7 Å². The minimum absolute atomic E-state index is 0.0833. The lowest BCUT2D eigenvalue weighted by molar-refractivity contribution is 0.0734. The number of hydrogen-bond donors (Lipinski definition) is 3. The Morgan fingerprint density at radius 2 is 1.82 bits per heavy atom. The summed E-state index contributed by atoms with van der Waals surface area (Å²) in [5.74, 6) is -0.335. The summed E-state index contributed by atoms with van der Waals surface area (Å²) in [5, 5.41) is 14.6. The highest BCUT2D eigenvalue weighted by molar-refractivity contribution is 7.92. The fourth-order valence-corrected chi connectivity index (χ4v) is 5.37. The summed E-state index contributed by atoms with van der Waals surface area (Å²) in [6, 6.07) is 13.6. The molecule has 0 spiro atoms. The van der Waals surface area contributed by atoms with Gasteiger partial charge in [0.25, 0.3) is 0 Å². The molecular formula is C21H25FN2O3S. The lowest BCUT2D eigenvalue weighted by Gasteiger charge is -2.32. The summed E-state index contributed by atoms with van der Waals surface area (Å²) in [4.78, 5) is 0. The van der Waals surface area contributed by atoms with Gasteiger partial charge >= 0.3 is 0 Å². The Hall–Kier alpha value is -1.96. The van der Waals surface area contributed by atoms with Gasteiger partial charge in [0.2, 0.25) is 10.0 Å². The summed E-state index contributed by atoms with van der Waals surface area (Å²) in [6.45, 7) is 0. The molecule has 0 aliphatic carbocycles. The van der Waals surface area contributed by atoms with E-state index in [-0.39, 0.29) is 11.4 Å². The molecule has 0 amide bonds. The molecule has 3 N–H and O–H groups in total. The Morgan fingerprint density at radius 1 is 1.14 bits per heavy atom. The quantitative estimate of drug-likeness (QED) is 0.691. The number of fused-ring (bicyclic) bond motifs is 2. The topological polar surface area (TPSA) is 78.4 Å². The number of benzene rings is 2. The number of rotatable bonds is 6. The van der Waals surface area contributed by atoms with Crippen molar-refractivity contribution in [2.45, 2.75) is 49.3 Å². The van der Waals surface area contributed by atoms with Crippen LogP contribution in [0.15, 0.2) is 48.5 Å². The predicted molar refractivity (Wildman–Crippen MR) is 107 cm³/mol. The molecule has 0 aromatic heterocycles. The molecule has 2 fully saturated rings. The van der Waals surface area contributed by atoms with E-state index in [0.29, 0.717) is 11.3 Å². The fourth-order valence-electron chi connectivity index (χ4n) is 4.81. The van der Waals surface area contributed by atoms with Crippen LogP contribution in [0.25, 0.3) is 0 Å². The van der Waals surface area contributed by atoms with Crippen molar-refractivity contribution in [1.29, 1.82) is 0 Å². The highest BCUT2D eigenvalue weighted by Crippen LogP contribution is 2.51. The van der Waals surface area contributed by atoms with Crippen LogP contribution in [-0.2, 0) is 16.4 Å². The number of aliphatic hydroxyl groups is 1. The first-order valence-corrected chi connectivity index (χ1v) is 11.4.